The van der Waals surface area contributed by atoms with E-state index in [1.807, 2.05) is 12.3 Å². The predicted molar refractivity (Wildman–Crippen MR) is 65.4 cm³/mol. The molecule has 2 aliphatic rings. The molecule has 0 radical (unpaired) electrons. The molecule has 2 unspecified atom stereocenters. The molecular formula is C12H18N4. The zero-order valence-corrected chi connectivity index (χ0v) is 9.63. The Hall–Kier alpha value is -1.29. The van der Waals surface area contributed by atoms with Crippen LogP contribution in [0.1, 0.15) is 13.3 Å². The summed E-state index contributed by atoms with van der Waals surface area (Å²) >= 11 is 0. The maximum absolute atomic E-state index is 5.61. The van der Waals surface area contributed by atoms with E-state index in [1.165, 1.54) is 25.2 Å². The monoisotopic (exact) mass is 218 g/mol. The van der Waals surface area contributed by atoms with Crippen LogP contribution in [0.4, 0.5) is 11.5 Å². The molecule has 2 saturated heterocycles. The minimum atomic E-state index is 0.600. The highest BCUT2D eigenvalue weighted by Crippen LogP contribution is 2.33. The summed E-state index contributed by atoms with van der Waals surface area (Å²) in [5, 5.41) is 0. The second kappa shape index (κ2) is 3.63. The van der Waals surface area contributed by atoms with Crippen LogP contribution in [-0.2, 0) is 0 Å². The van der Waals surface area contributed by atoms with Gasteiger partial charge in [-0.25, -0.2) is 4.98 Å². The lowest BCUT2D eigenvalue weighted by atomic mass is 10.2. The minimum Gasteiger partial charge on any atom is -0.384 e. The average Bonchev–Trinajstić information content (AvgIpc) is 2.88. The molecule has 3 rings (SSSR count). The van der Waals surface area contributed by atoms with Gasteiger partial charge in [0.25, 0.3) is 0 Å². The summed E-state index contributed by atoms with van der Waals surface area (Å²) in [6, 6.07) is 5.39. The number of piperazine rings is 1. The lowest BCUT2D eigenvalue weighted by molar-refractivity contribution is 0.251. The second-order valence-electron chi connectivity index (χ2n) is 4.72. The van der Waals surface area contributed by atoms with Crippen molar-refractivity contribution >= 4 is 11.5 Å². The first-order valence-corrected chi connectivity index (χ1v) is 6.00. The van der Waals surface area contributed by atoms with Gasteiger partial charge in [0.2, 0.25) is 0 Å². The van der Waals surface area contributed by atoms with Crippen LogP contribution in [0.5, 0.6) is 0 Å². The Morgan fingerprint density at radius 1 is 1.38 bits per heavy atom. The summed E-state index contributed by atoms with van der Waals surface area (Å²) < 4.78 is 0. The second-order valence-corrected chi connectivity index (χ2v) is 4.72. The van der Waals surface area contributed by atoms with Gasteiger partial charge in [-0.2, -0.15) is 0 Å². The Bertz CT molecular complexity index is 375. The van der Waals surface area contributed by atoms with Gasteiger partial charge in [-0.15, -0.1) is 0 Å². The van der Waals surface area contributed by atoms with Crippen LogP contribution in [-0.4, -0.2) is 41.6 Å². The van der Waals surface area contributed by atoms with Crippen molar-refractivity contribution in [3.05, 3.63) is 18.3 Å². The Morgan fingerprint density at radius 2 is 2.25 bits per heavy atom. The summed E-state index contributed by atoms with van der Waals surface area (Å²) in [4.78, 5) is 9.22. The van der Waals surface area contributed by atoms with Crippen molar-refractivity contribution in [1.82, 2.24) is 9.88 Å². The number of anilines is 2. The molecule has 0 amide bonds. The molecule has 0 aliphatic carbocycles. The molecule has 16 heavy (non-hydrogen) atoms. The number of nitrogen functional groups attached to an aromatic ring is 1. The molecule has 2 atom stereocenters. The first-order chi connectivity index (χ1) is 7.78. The fourth-order valence-corrected chi connectivity index (χ4v) is 3.02. The van der Waals surface area contributed by atoms with E-state index in [0.29, 0.717) is 11.9 Å². The first-order valence-electron chi connectivity index (χ1n) is 6.00. The third-order valence-corrected chi connectivity index (χ3v) is 3.86. The zero-order chi connectivity index (χ0) is 11.1. The van der Waals surface area contributed by atoms with Gasteiger partial charge in [-0.05, 0) is 25.1 Å². The summed E-state index contributed by atoms with van der Waals surface area (Å²) in [6.07, 6.45) is 3.20. The number of hydrogen-bond acceptors (Lipinski definition) is 4. The largest absolute Gasteiger partial charge is 0.384 e. The predicted octanol–water partition coefficient (Wildman–Crippen LogP) is 0.947. The van der Waals surface area contributed by atoms with Crippen molar-refractivity contribution in [2.75, 3.05) is 30.3 Å². The maximum atomic E-state index is 5.61. The van der Waals surface area contributed by atoms with E-state index in [0.717, 1.165) is 12.6 Å². The van der Waals surface area contributed by atoms with E-state index in [4.69, 9.17) is 5.73 Å². The van der Waals surface area contributed by atoms with Crippen molar-refractivity contribution in [1.29, 1.82) is 0 Å². The number of pyridine rings is 1. The number of likely N-dealkylation sites (N-methyl/N-ethyl adjacent to an activating group) is 1. The molecule has 4 nitrogen and oxygen atoms in total. The standard InChI is InChI=1S/C12H18N4/c1-2-15-7-11-5-10(15)8-16(11)9-3-4-12(13)14-6-9/h3-4,6,10-11H,2,5,7-8H2,1H3,(H2,13,14). The fourth-order valence-electron chi connectivity index (χ4n) is 3.02. The molecule has 0 saturated carbocycles. The van der Waals surface area contributed by atoms with Crippen molar-refractivity contribution in [3.8, 4) is 0 Å². The van der Waals surface area contributed by atoms with Gasteiger partial charge in [0.1, 0.15) is 5.82 Å². The minimum absolute atomic E-state index is 0.600. The molecular weight excluding hydrogens is 200 g/mol. The quantitative estimate of drug-likeness (QED) is 0.802. The molecule has 86 valence electrons. The molecule has 2 N–H and O–H groups in total. The molecule has 3 heterocycles. The van der Waals surface area contributed by atoms with Crippen LogP contribution in [0.15, 0.2) is 18.3 Å². The van der Waals surface area contributed by atoms with Gasteiger partial charge >= 0.3 is 0 Å². The third kappa shape index (κ3) is 1.45. The summed E-state index contributed by atoms with van der Waals surface area (Å²) in [7, 11) is 0. The highest BCUT2D eigenvalue weighted by molar-refractivity contribution is 5.51. The van der Waals surface area contributed by atoms with Crippen molar-refractivity contribution in [3.63, 3.8) is 0 Å². The van der Waals surface area contributed by atoms with Crippen LogP contribution in [0.25, 0.3) is 0 Å². The molecule has 4 heteroatoms. The third-order valence-electron chi connectivity index (χ3n) is 3.86. The van der Waals surface area contributed by atoms with Gasteiger partial charge in [0.15, 0.2) is 0 Å². The molecule has 2 bridgehead atoms. The van der Waals surface area contributed by atoms with E-state index in [1.54, 1.807) is 0 Å². The Morgan fingerprint density at radius 3 is 2.81 bits per heavy atom. The molecule has 1 aromatic rings. The van der Waals surface area contributed by atoms with E-state index in [2.05, 4.69) is 27.8 Å². The van der Waals surface area contributed by atoms with E-state index >= 15 is 0 Å². The number of hydrogen-bond donors (Lipinski definition) is 1. The van der Waals surface area contributed by atoms with Crippen molar-refractivity contribution in [2.45, 2.75) is 25.4 Å². The lowest BCUT2D eigenvalue weighted by Crippen LogP contribution is -2.46. The van der Waals surface area contributed by atoms with Crippen LogP contribution in [0, 0.1) is 0 Å². The Balaban J connectivity index is 1.77. The van der Waals surface area contributed by atoms with Crippen LogP contribution >= 0.6 is 0 Å². The Labute approximate surface area is 96.1 Å². The van der Waals surface area contributed by atoms with Crippen LogP contribution in [0.2, 0.25) is 0 Å². The van der Waals surface area contributed by atoms with E-state index < -0.39 is 0 Å². The number of fused-ring (bicyclic) bond motifs is 2. The average molecular weight is 218 g/mol. The smallest absolute Gasteiger partial charge is 0.123 e. The first kappa shape index (κ1) is 9.90. The van der Waals surface area contributed by atoms with Crippen molar-refractivity contribution < 1.29 is 0 Å². The summed E-state index contributed by atoms with van der Waals surface area (Å²) in [5.41, 5.74) is 6.83. The topological polar surface area (TPSA) is 45.4 Å². The van der Waals surface area contributed by atoms with Crippen molar-refractivity contribution in [2.24, 2.45) is 0 Å². The number of nitrogens with zero attached hydrogens (tertiary/aromatic N) is 3. The lowest BCUT2D eigenvalue weighted by Gasteiger charge is -2.34. The molecule has 0 spiro atoms. The van der Waals surface area contributed by atoms with Gasteiger partial charge < -0.3 is 10.6 Å². The molecule has 1 aromatic heterocycles. The van der Waals surface area contributed by atoms with Gasteiger partial charge in [-0.1, -0.05) is 6.92 Å². The van der Waals surface area contributed by atoms with E-state index in [-0.39, 0.29) is 0 Å². The normalized spacial score (nSPS) is 28.9. The summed E-state index contributed by atoms with van der Waals surface area (Å²) in [5.74, 6) is 0.600. The number of likely N-dealkylation sites (tertiary alicyclic amines) is 1. The molecule has 2 fully saturated rings. The van der Waals surface area contributed by atoms with Crippen LogP contribution in [0.3, 0.4) is 0 Å². The van der Waals surface area contributed by atoms with Gasteiger partial charge in [0.05, 0.1) is 11.9 Å². The highest BCUT2D eigenvalue weighted by atomic mass is 15.3. The Kier molecular flexibility index (Phi) is 2.24. The fraction of sp³-hybridized carbons (Fsp3) is 0.583. The number of aromatic nitrogens is 1. The highest BCUT2D eigenvalue weighted by Gasteiger charge is 2.42. The van der Waals surface area contributed by atoms with E-state index in [9.17, 15) is 0 Å². The number of nitrogens with two attached hydrogens (primary N) is 1. The van der Waals surface area contributed by atoms with Gasteiger partial charge in [0, 0.05) is 25.2 Å². The summed E-state index contributed by atoms with van der Waals surface area (Å²) in [6.45, 7) is 5.76. The maximum Gasteiger partial charge on any atom is 0.123 e. The molecule has 2 aliphatic heterocycles. The molecule has 0 aromatic carbocycles. The van der Waals surface area contributed by atoms with Gasteiger partial charge in [-0.3, -0.25) is 4.90 Å². The van der Waals surface area contributed by atoms with Crippen LogP contribution < -0.4 is 10.6 Å². The SMILES string of the molecule is CCN1CC2CC1CN2c1ccc(N)nc1. The number of rotatable bonds is 2. The zero-order valence-electron chi connectivity index (χ0n) is 9.63.